The molecule has 2 aromatic heterocycles. The van der Waals surface area contributed by atoms with Crippen molar-refractivity contribution in [2.75, 3.05) is 12.3 Å². The van der Waals surface area contributed by atoms with Gasteiger partial charge in [0.2, 0.25) is 0 Å². The van der Waals surface area contributed by atoms with Crippen molar-refractivity contribution in [3.05, 3.63) is 12.7 Å². The van der Waals surface area contributed by atoms with Crippen LogP contribution in [0.25, 0.3) is 11.2 Å². The molecule has 3 heterocycles. The molecule has 4 N–H and O–H groups in total. The van der Waals surface area contributed by atoms with Crippen LogP contribution in [-0.4, -0.2) is 69.0 Å². The predicted octanol–water partition coefficient (Wildman–Crippen LogP) is 0.291. The molecule has 1 aliphatic heterocycles. The van der Waals surface area contributed by atoms with Gasteiger partial charge in [-0.1, -0.05) is 13.1 Å². The highest BCUT2D eigenvalue weighted by molar-refractivity contribution is 6.58. The van der Waals surface area contributed by atoms with Gasteiger partial charge < -0.3 is 25.4 Å². The molecule has 1 aliphatic rings. The molecular weight excluding hydrogens is 354 g/mol. The zero-order valence-corrected chi connectivity index (χ0v) is 16.7. The van der Waals surface area contributed by atoms with E-state index in [1.54, 1.807) is 10.9 Å². The summed E-state index contributed by atoms with van der Waals surface area (Å²) >= 11 is 0. The van der Waals surface area contributed by atoms with Crippen molar-refractivity contribution in [1.82, 2.24) is 19.5 Å². The van der Waals surface area contributed by atoms with Crippen LogP contribution in [0.4, 0.5) is 5.82 Å². The van der Waals surface area contributed by atoms with Crippen molar-refractivity contribution in [3.63, 3.8) is 0 Å². The summed E-state index contributed by atoms with van der Waals surface area (Å²) in [5, 5.41) is 19.5. The first-order valence-electron chi connectivity index (χ1n) is 8.51. The molecule has 4 atom stereocenters. The topological polar surface area (TPSA) is 129 Å². The van der Waals surface area contributed by atoms with Gasteiger partial charge in [-0.05, 0) is 20.8 Å². The maximum atomic E-state index is 10.8. The van der Waals surface area contributed by atoms with E-state index in [1.165, 1.54) is 6.33 Å². The van der Waals surface area contributed by atoms with Gasteiger partial charge in [0.25, 0.3) is 0 Å². The van der Waals surface area contributed by atoms with Crippen LogP contribution in [0.2, 0.25) is 13.1 Å². The average Bonchev–Trinajstić information content (AvgIpc) is 3.08. The minimum atomic E-state index is -1.29. The molecule has 0 spiro atoms. The minimum Gasteiger partial charge on any atom is -0.394 e. The SMILES string of the molecule is C[Si](C)[C@@]1(n2cnc3c(N)ncnc32)O[C@H](CO)[C@@H](O)[C@H]1OC(C)(C)C. The number of nitrogens with two attached hydrogens (primary N) is 1. The van der Waals surface area contributed by atoms with Gasteiger partial charge in [-0.15, -0.1) is 0 Å². The molecule has 1 fully saturated rings. The van der Waals surface area contributed by atoms with E-state index in [0.717, 1.165) is 0 Å². The number of aliphatic hydroxyl groups excluding tert-OH is 2. The van der Waals surface area contributed by atoms with E-state index in [9.17, 15) is 10.2 Å². The molecule has 0 amide bonds. The molecule has 0 saturated carbocycles. The second-order valence-electron chi connectivity index (χ2n) is 7.72. The van der Waals surface area contributed by atoms with Crippen molar-refractivity contribution in [2.45, 2.75) is 63.1 Å². The Kier molecular flexibility index (Phi) is 4.82. The molecule has 0 aliphatic carbocycles. The Balaban J connectivity index is 2.23. The smallest absolute Gasteiger partial charge is 0.167 e. The molecular formula is C16H26N5O4Si. The Morgan fingerprint density at radius 1 is 1.35 bits per heavy atom. The van der Waals surface area contributed by atoms with Crippen LogP contribution < -0.4 is 5.73 Å². The first kappa shape index (κ1) is 19.2. The third-order valence-electron chi connectivity index (χ3n) is 4.50. The number of hydrogen-bond donors (Lipinski definition) is 3. The van der Waals surface area contributed by atoms with E-state index in [1.807, 2.05) is 20.8 Å². The molecule has 0 unspecified atom stereocenters. The standard InChI is InChI=1S/C16H26N5O4Si/c1-15(2,3)25-12-11(23)9(6-22)24-16(12,26(4)5)21-8-20-10-13(17)18-7-19-14(10)21/h7-9,11-12,22-23H,6H2,1-5H3,(H2,17,18,19)/t9-,11-,12-,16+/m1/s1. The number of aromatic nitrogens is 4. The lowest BCUT2D eigenvalue weighted by Crippen LogP contribution is -2.57. The highest BCUT2D eigenvalue weighted by Crippen LogP contribution is 2.42. The zero-order chi connectivity index (χ0) is 19.3. The number of aliphatic hydroxyl groups is 2. The second-order valence-corrected chi connectivity index (χ2v) is 10.4. The molecule has 0 aromatic carbocycles. The molecule has 3 rings (SSSR count). The number of ether oxygens (including phenoxy) is 2. The maximum absolute atomic E-state index is 10.8. The van der Waals surface area contributed by atoms with E-state index < -0.39 is 38.1 Å². The average molecular weight is 381 g/mol. The Morgan fingerprint density at radius 2 is 2.04 bits per heavy atom. The molecule has 1 saturated heterocycles. The largest absolute Gasteiger partial charge is 0.394 e. The van der Waals surface area contributed by atoms with Crippen molar-refractivity contribution in [1.29, 1.82) is 0 Å². The number of nitrogens with zero attached hydrogens (tertiary/aromatic N) is 4. The maximum Gasteiger partial charge on any atom is 0.167 e. The van der Waals surface area contributed by atoms with Crippen molar-refractivity contribution < 1.29 is 19.7 Å². The van der Waals surface area contributed by atoms with Gasteiger partial charge in [-0.3, -0.25) is 4.57 Å². The van der Waals surface area contributed by atoms with E-state index >= 15 is 0 Å². The monoisotopic (exact) mass is 380 g/mol. The van der Waals surface area contributed by atoms with Gasteiger partial charge in [0.1, 0.15) is 39.0 Å². The summed E-state index contributed by atoms with van der Waals surface area (Å²) in [6, 6.07) is 0. The zero-order valence-electron chi connectivity index (χ0n) is 15.7. The van der Waals surface area contributed by atoms with Crippen molar-refractivity contribution in [3.8, 4) is 0 Å². The summed E-state index contributed by atoms with van der Waals surface area (Å²) in [4.78, 5) is 12.7. The Hall–Kier alpha value is -1.59. The number of fused-ring (bicyclic) bond motifs is 1. The summed E-state index contributed by atoms with van der Waals surface area (Å²) in [5.41, 5.74) is 6.38. The summed E-state index contributed by atoms with van der Waals surface area (Å²) < 4.78 is 14.3. The van der Waals surface area contributed by atoms with E-state index in [4.69, 9.17) is 15.2 Å². The number of hydrogen-bond acceptors (Lipinski definition) is 8. The first-order valence-corrected chi connectivity index (χ1v) is 11.0. The molecule has 1 radical (unpaired) electrons. The lowest BCUT2D eigenvalue weighted by Gasteiger charge is -2.41. The fourth-order valence-corrected chi connectivity index (χ4v) is 5.23. The fraction of sp³-hybridized carbons (Fsp3) is 0.688. The van der Waals surface area contributed by atoms with Crippen molar-refractivity contribution >= 4 is 25.8 Å². The number of rotatable bonds is 4. The lowest BCUT2D eigenvalue weighted by atomic mass is 10.1. The molecule has 2 aromatic rings. The quantitative estimate of drug-likeness (QED) is 0.646. The van der Waals surface area contributed by atoms with Crippen LogP contribution in [-0.2, 0) is 14.8 Å². The van der Waals surface area contributed by atoms with Crippen LogP contribution in [0.1, 0.15) is 20.8 Å². The highest BCUT2D eigenvalue weighted by Gasteiger charge is 2.60. The number of nitrogen functional groups attached to an aromatic ring is 1. The fourth-order valence-electron chi connectivity index (χ4n) is 3.40. The van der Waals surface area contributed by atoms with Crippen LogP contribution >= 0.6 is 0 Å². The van der Waals surface area contributed by atoms with Gasteiger partial charge >= 0.3 is 0 Å². The highest BCUT2D eigenvalue weighted by atomic mass is 28.3. The Bertz CT molecular complexity index is 793. The molecule has 0 bridgehead atoms. The number of anilines is 1. The van der Waals surface area contributed by atoms with Gasteiger partial charge in [0.15, 0.2) is 16.8 Å². The van der Waals surface area contributed by atoms with Crippen LogP contribution in [0.5, 0.6) is 0 Å². The van der Waals surface area contributed by atoms with E-state index in [-0.39, 0.29) is 12.4 Å². The van der Waals surface area contributed by atoms with Gasteiger partial charge in [-0.25, -0.2) is 15.0 Å². The summed E-state index contributed by atoms with van der Waals surface area (Å²) in [7, 11) is -1.29. The molecule has 143 valence electrons. The molecule has 10 heteroatoms. The number of imidazole rings is 1. The Morgan fingerprint density at radius 3 is 2.62 bits per heavy atom. The van der Waals surface area contributed by atoms with Crippen LogP contribution in [0, 0.1) is 0 Å². The minimum absolute atomic E-state index is 0.274. The van der Waals surface area contributed by atoms with Gasteiger partial charge in [-0.2, -0.15) is 0 Å². The predicted molar refractivity (Wildman–Crippen MR) is 97.8 cm³/mol. The van der Waals surface area contributed by atoms with E-state index in [0.29, 0.717) is 11.2 Å². The summed E-state index contributed by atoms with van der Waals surface area (Å²) in [5.74, 6) is 0.274. The second kappa shape index (κ2) is 6.53. The van der Waals surface area contributed by atoms with E-state index in [2.05, 4.69) is 28.0 Å². The summed E-state index contributed by atoms with van der Waals surface area (Å²) in [6.07, 6.45) is 0.515. The van der Waals surface area contributed by atoms with Crippen LogP contribution in [0.15, 0.2) is 12.7 Å². The third-order valence-corrected chi connectivity index (χ3v) is 6.58. The lowest BCUT2D eigenvalue weighted by molar-refractivity contribution is -0.152. The first-order chi connectivity index (χ1) is 12.1. The van der Waals surface area contributed by atoms with Gasteiger partial charge in [0.05, 0.1) is 18.5 Å². The van der Waals surface area contributed by atoms with Gasteiger partial charge in [0, 0.05) is 0 Å². The Labute approximate surface area is 153 Å². The normalized spacial score (nSPS) is 29.8. The molecule has 26 heavy (non-hydrogen) atoms. The molecule has 9 nitrogen and oxygen atoms in total. The summed E-state index contributed by atoms with van der Waals surface area (Å²) in [6.45, 7) is 9.56. The third kappa shape index (κ3) is 2.91. The van der Waals surface area contributed by atoms with Crippen molar-refractivity contribution in [2.24, 2.45) is 0 Å². The van der Waals surface area contributed by atoms with Crippen LogP contribution in [0.3, 0.4) is 0 Å².